The van der Waals surface area contributed by atoms with E-state index in [9.17, 15) is 9.18 Å². The Morgan fingerprint density at radius 2 is 1.93 bits per heavy atom. The Morgan fingerprint density at radius 3 is 2.67 bits per heavy atom. The van der Waals surface area contributed by atoms with Gasteiger partial charge in [0.1, 0.15) is 5.82 Å². The number of amides is 1. The van der Waals surface area contributed by atoms with Crippen molar-refractivity contribution in [2.24, 2.45) is 7.05 Å². The highest BCUT2D eigenvalue weighted by Gasteiger charge is 2.21. The predicted molar refractivity (Wildman–Crippen MR) is 106 cm³/mol. The van der Waals surface area contributed by atoms with Crippen molar-refractivity contribution in [1.82, 2.24) is 14.8 Å². The van der Waals surface area contributed by atoms with E-state index in [-0.39, 0.29) is 17.0 Å². The van der Waals surface area contributed by atoms with Crippen molar-refractivity contribution >= 4 is 23.4 Å². The van der Waals surface area contributed by atoms with E-state index in [4.69, 9.17) is 0 Å². The van der Waals surface area contributed by atoms with E-state index in [0.717, 1.165) is 16.8 Å². The first-order valence-electron chi connectivity index (χ1n) is 8.56. The molecule has 27 heavy (non-hydrogen) atoms. The number of anilines is 1. The van der Waals surface area contributed by atoms with Crippen LogP contribution in [0.5, 0.6) is 0 Å². The Labute approximate surface area is 162 Å². The summed E-state index contributed by atoms with van der Waals surface area (Å²) in [6, 6.07) is 12.4. The average molecular weight is 384 g/mol. The molecule has 7 heteroatoms. The maximum Gasteiger partial charge on any atom is 0.237 e. The number of carbonyl (C=O) groups is 1. The quantitative estimate of drug-likeness (QED) is 0.664. The Bertz CT molecular complexity index is 986. The Kier molecular flexibility index (Phi) is 5.60. The van der Waals surface area contributed by atoms with E-state index >= 15 is 0 Å². The number of thioether (sulfide) groups is 1. The monoisotopic (exact) mass is 384 g/mol. The van der Waals surface area contributed by atoms with Gasteiger partial charge in [-0.25, -0.2) is 4.39 Å². The second-order valence-electron chi connectivity index (χ2n) is 6.41. The van der Waals surface area contributed by atoms with E-state index in [1.807, 2.05) is 39.0 Å². The van der Waals surface area contributed by atoms with Gasteiger partial charge in [-0.2, -0.15) is 0 Å². The number of nitrogens with zero attached hydrogens (tertiary/aromatic N) is 3. The third-order valence-corrected chi connectivity index (χ3v) is 5.39. The van der Waals surface area contributed by atoms with Crippen LogP contribution in [0.25, 0.3) is 11.4 Å². The van der Waals surface area contributed by atoms with Crippen molar-refractivity contribution in [2.45, 2.75) is 31.2 Å². The first-order valence-corrected chi connectivity index (χ1v) is 9.44. The number of nitrogens with one attached hydrogen (secondary N) is 1. The molecule has 0 fully saturated rings. The van der Waals surface area contributed by atoms with Crippen LogP contribution in [0.15, 0.2) is 47.6 Å². The smallest absolute Gasteiger partial charge is 0.237 e. The van der Waals surface area contributed by atoms with Crippen LogP contribution in [0, 0.1) is 19.7 Å². The van der Waals surface area contributed by atoms with Gasteiger partial charge in [0.05, 0.1) is 10.8 Å². The van der Waals surface area contributed by atoms with Gasteiger partial charge < -0.3 is 9.88 Å². The molecule has 1 N–H and O–H groups in total. The highest BCUT2D eigenvalue weighted by atomic mass is 32.2. The van der Waals surface area contributed by atoms with Crippen molar-refractivity contribution in [3.63, 3.8) is 0 Å². The van der Waals surface area contributed by atoms with Crippen LogP contribution >= 0.6 is 11.8 Å². The molecule has 1 aromatic heterocycles. The van der Waals surface area contributed by atoms with E-state index < -0.39 is 0 Å². The molecular formula is C20H21FN4OS. The predicted octanol–water partition coefficient (Wildman–Crippen LogP) is 4.36. The molecule has 0 saturated heterocycles. The number of aryl methyl sites for hydroxylation is 2. The highest BCUT2D eigenvalue weighted by molar-refractivity contribution is 8.00. The molecule has 0 bridgehead atoms. The van der Waals surface area contributed by atoms with Gasteiger partial charge in [-0.05, 0) is 50.1 Å². The minimum Gasteiger partial charge on any atom is -0.325 e. The maximum atomic E-state index is 14.0. The summed E-state index contributed by atoms with van der Waals surface area (Å²) in [6.45, 7) is 5.75. The van der Waals surface area contributed by atoms with Gasteiger partial charge in [-0.15, -0.1) is 10.2 Å². The average Bonchev–Trinajstić information content (AvgIpc) is 2.99. The van der Waals surface area contributed by atoms with Crippen LogP contribution in [0.2, 0.25) is 0 Å². The molecule has 0 saturated carbocycles. The van der Waals surface area contributed by atoms with Gasteiger partial charge in [-0.1, -0.05) is 36.0 Å². The standard InChI is InChI=1S/C20H21FN4OS/c1-12-9-10-13(2)17(11-12)22-19(26)14(3)27-20-24-23-18(25(20)4)15-7-5-6-8-16(15)21/h5-11,14H,1-4H3,(H,22,26). The Morgan fingerprint density at radius 1 is 1.19 bits per heavy atom. The molecule has 1 atom stereocenters. The number of benzene rings is 2. The third-order valence-electron chi connectivity index (χ3n) is 4.25. The van der Waals surface area contributed by atoms with Crippen LogP contribution in [0.1, 0.15) is 18.1 Å². The summed E-state index contributed by atoms with van der Waals surface area (Å²) in [6.07, 6.45) is 0. The lowest BCUT2D eigenvalue weighted by atomic mass is 10.1. The van der Waals surface area contributed by atoms with Gasteiger partial charge in [0.2, 0.25) is 5.91 Å². The molecule has 3 rings (SSSR count). The molecule has 0 aliphatic rings. The lowest BCUT2D eigenvalue weighted by molar-refractivity contribution is -0.115. The largest absolute Gasteiger partial charge is 0.325 e. The van der Waals surface area contributed by atoms with Crippen molar-refractivity contribution in [3.05, 3.63) is 59.4 Å². The number of hydrogen-bond acceptors (Lipinski definition) is 4. The van der Waals surface area contributed by atoms with Crippen LogP contribution < -0.4 is 5.32 Å². The normalized spacial score (nSPS) is 12.0. The second-order valence-corrected chi connectivity index (χ2v) is 7.72. The number of rotatable bonds is 5. The molecular weight excluding hydrogens is 363 g/mol. The summed E-state index contributed by atoms with van der Waals surface area (Å²) >= 11 is 1.28. The minimum absolute atomic E-state index is 0.121. The number of hydrogen-bond donors (Lipinski definition) is 1. The van der Waals surface area contributed by atoms with Gasteiger partial charge in [0.25, 0.3) is 0 Å². The van der Waals surface area contributed by atoms with Crippen molar-refractivity contribution in [1.29, 1.82) is 0 Å². The van der Waals surface area contributed by atoms with Gasteiger partial charge in [0, 0.05) is 12.7 Å². The summed E-state index contributed by atoms with van der Waals surface area (Å²) in [4.78, 5) is 12.6. The lowest BCUT2D eigenvalue weighted by Gasteiger charge is -2.14. The fourth-order valence-corrected chi connectivity index (χ4v) is 3.43. The summed E-state index contributed by atoms with van der Waals surface area (Å²) in [7, 11) is 1.76. The molecule has 0 spiro atoms. The van der Waals surface area contributed by atoms with Crippen molar-refractivity contribution in [3.8, 4) is 11.4 Å². The van der Waals surface area contributed by atoms with Crippen LogP contribution in [-0.2, 0) is 11.8 Å². The zero-order valence-corrected chi connectivity index (χ0v) is 16.5. The van der Waals surface area contributed by atoms with Gasteiger partial charge in [-0.3, -0.25) is 4.79 Å². The molecule has 1 heterocycles. The number of halogens is 1. The van der Waals surface area contributed by atoms with Crippen LogP contribution in [0.3, 0.4) is 0 Å². The Hall–Kier alpha value is -2.67. The third kappa shape index (κ3) is 4.19. The summed E-state index contributed by atoms with van der Waals surface area (Å²) in [5.74, 6) is -0.0489. The number of carbonyl (C=O) groups excluding carboxylic acids is 1. The topological polar surface area (TPSA) is 59.8 Å². The van der Waals surface area contributed by atoms with Crippen LogP contribution in [0.4, 0.5) is 10.1 Å². The molecule has 140 valence electrons. The second kappa shape index (κ2) is 7.92. The van der Waals surface area contributed by atoms with Gasteiger partial charge >= 0.3 is 0 Å². The maximum absolute atomic E-state index is 14.0. The number of aromatic nitrogens is 3. The lowest BCUT2D eigenvalue weighted by Crippen LogP contribution is -2.23. The summed E-state index contributed by atoms with van der Waals surface area (Å²) in [5, 5.41) is 11.3. The van der Waals surface area contributed by atoms with Crippen molar-refractivity contribution in [2.75, 3.05) is 5.32 Å². The minimum atomic E-state index is -0.388. The van der Waals surface area contributed by atoms with E-state index in [2.05, 4.69) is 15.5 Å². The molecule has 0 aliphatic heterocycles. The Balaban J connectivity index is 1.75. The fraction of sp³-hybridized carbons (Fsp3) is 0.250. The van der Waals surface area contributed by atoms with Crippen molar-refractivity contribution < 1.29 is 9.18 Å². The molecule has 1 unspecified atom stereocenters. The van der Waals surface area contributed by atoms with E-state index in [0.29, 0.717) is 16.5 Å². The molecule has 0 radical (unpaired) electrons. The van der Waals surface area contributed by atoms with Crippen LogP contribution in [-0.4, -0.2) is 25.9 Å². The first-order chi connectivity index (χ1) is 12.9. The molecule has 3 aromatic rings. The summed E-state index contributed by atoms with van der Waals surface area (Å²) in [5.41, 5.74) is 3.27. The zero-order chi connectivity index (χ0) is 19.6. The molecule has 5 nitrogen and oxygen atoms in total. The molecule has 0 aliphatic carbocycles. The zero-order valence-electron chi connectivity index (χ0n) is 15.7. The molecule has 2 aromatic carbocycles. The fourth-order valence-electron chi connectivity index (χ4n) is 2.61. The highest BCUT2D eigenvalue weighted by Crippen LogP contribution is 2.28. The van der Waals surface area contributed by atoms with Gasteiger partial charge in [0.15, 0.2) is 11.0 Å². The first kappa shape index (κ1) is 19.1. The van der Waals surface area contributed by atoms with E-state index in [1.54, 1.807) is 29.8 Å². The molecule has 1 amide bonds. The summed E-state index contributed by atoms with van der Waals surface area (Å²) < 4.78 is 15.7. The van der Waals surface area contributed by atoms with E-state index in [1.165, 1.54) is 17.8 Å². The SMILES string of the molecule is Cc1ccc(C)c(NC(=O)C(C)Sc2nnc(-c3ccccc3F)n2C)c1.